The molecule has 3 rings (SSSR count). The first-order chi connectivity index (χ1) is 9.78. The first-order valence-electron chi connectivity index (χ1n) is 6.97. The quantitative estimate of drug-likeness (QED) is 0.851. The van der Waals surface area contributed by atoms with Gasteiger partial charge in [0.2, 0.25) is 5.91 Å². The maximum Gasteiger partial charge on any atom is 0.222 e. The first kappa shape index (κ1) is 12.8. The third-order valence-corrected chi connectivity index (χ3v) is 3.79. The van der Waals surface area contributed by atoms with Crippen LogP contribution in [0.25, 0.3) is 11.4 Å². The van der Waals surface area contributed by atoms with Crippen LogP contribution in [0.4, 0.5) is 0 Å². The molecule has 104 valence electrons. The predicted octanol–water partition coefficient (Wildman–Crippen LogP) is 1.81. The molecule has 0 aromatic carbocycles. The van der Waals surface area contributed by atoms with E-state index in [1.54, 1.807) is 12.4 Å². The number of amides is 1. The van der Waals surface area contributed by atoms with E-state index in [9.17, 15) is 4.79 Å². The van der Waals surface area contributed by atoms with Crippen molar-refractivity contribution in [3.05, 3.63) is 36.9 Å². The fourth-order valence-corrected chi connectivity index (χ4v) is 2.78. The zero-order valence-corrected chi connectivity index (χ0v) is 11.6. The minimum atomic E-state index is 0.267. The minimum absolute atomic E-state index is 0.267. The van der Waals surface area contributed by atoms with Gasteiger partial charge in [0.05, 0.1) is 0 Å². The van der Waals surface area contributed by atoms with Crippen LogP contribution in [0.15, 0.2) is 36.9 Å². The molecule has 1 amide bonds. The van der Waals surface area contributed by atoms with Gasteiger partial charge in [-0.2, -0.15) is 0 Å². The summed E-state index contributed by atoms with van der Waals surface area (Å²) in [6.45, 7) is 4.51. The van der Waals surface area contributed by atoms with E-state index in [1.165, 1.54) is 0 Å². The Morgan fingerprint density at radius 1 is 1.30 bits per heavy atom. The lowest BCUT2D eigenvalue weighted by Gasteiger charge is -2.15. The van der Waals surface area contributed by atoms with Crippen molar-refractivity contribution in [1.29, 1.82) is 0 Å². The van der Waals surface area contributed by atoms with Gasteiger partial charge in [-0.15, -0.1) is 0 Å². The second-order valence-corrected chi connectivity index (χ2v) is 5.14. The Bertz CT molecular complexity index is 593. The van der Waals surface area contributed by atoms with Crippen LogP contribution in [0.2, 0.25) is 0 Å². The number of nitrogens with zero attached hydrogens (tertiary/aromatic N) is 4. The largest absolute Gasteiger partial charge is 0.343 e. The number of pyridine rings is 1. The lowest BCUT2D eigenvalue weighted by molar-refractivity contribution is -0.127. The van der Waals surface area contributed by atoms with Crippen LogP contribution in [-0.2, 0) is 11.3 Å². The molecule has 0 bridgehead atoms. The van der Waals surface area contributed by atoms with Gasteiger partial charge in [-0.05, 0) is 19.1 Å². The molecule has 0 radical (unpaired) electrons. The van der Waals surface area contributed by atoms with E-state index in [0.29, 0.717) is 12.3 Å². The molecule has 3 heterocycles. The van der Waals surface area contributed by atoms with E-state index < -0.39 is 0 Å². The predicted molar refractivity (Wildman–Crippen MR) is 75.8 cm³/mol. The standard InChI is InChI=1S/C15H18N4O/c1-2-18-10-12(9-14(18)20)11-19-8-7-17-15(19)13-3-5-16-6-4-13/h3-8,12H,2,9-11H2,1H3/t12-/m1/s1. The van der Waals surface area contributed by atoms with Gasteiger partial charge in [-0.3, -0.25) is 9.78 Å². The topological polar surface area (TPSA) is 51.0 Å². The van der Waals surface area contributed by atoms with E-state index >= 15 is 0 Å². The van der Waals surface area contributed by atoms with Crippen LogP contribution in [0.1, 0.15) is 13.3 Å². The molecule has 0 N–H and O–H groups in total. The average Bonchev–Trinajstić information content (AvgIpc) is 3.06. The van der Waals surface area contributed by atoms with Crippen molar-refractivity contribution >= 4 is 5.91 Å². The molecule has 2 aromatic heterocycles. The number of carbonyl (C=O) groups is 1. The minimum Gasteiger partial charge on any atom is -0.343 e. The molecule has 1 fully saturated rings. The third-order valence-electron chi connectivity index (χ3n) is 3.79. The molecule has 0 spiro atoms. The first-order valence-corrected chi connectivity index (χ1v) is 6.97. The van der Waals surface area contributed by atoms with Crippen LogP contribution in [-0.4, -0.2) is 38.4 Å². The molecule has 0 aliphatic carbocycles. The van der Waals surface area contributed by atoms with Crippen molar-refractivity contribution in [2.75, 3.05) is 13.1 Å². The van der Waals surface area contributed by atoms with Gasteiger partial charge < -0.3 is 9.47 Å². The van der Waals surface area contributed by atoms with Gasteiger partial charge in [0.15, 0.2) is 0 Å². The maximum absolute atomic E-state index is 11.8. The zero-order valence-electron chi connectivity index (χ0n) is 11.6. The molecular formula is C15H18N4O. The Balaban J connectivity index is 1.77. The van der Waals surface area contributed by atoms with Crippen molar-refractivity contribution in [2.24, 2.45) is 5.92 Å². The smallest absolute Gasteiger partial charge is 0.222 e. The molecule has 5 heteroatoms. The Hall–Kier alpha value is -2.17. The third kappa shape index (κ3) is 2.43. The lowest BCUT2D eigenvalue weighted by Crippen LogP contribution is -2.25. The summed E-state index contributed by atoms with van der Waals surface area (Å²) in [4.78, 5) is 22.2. The Kier molecular flexibility index (Phi) is 3.50. The number of likely N-dealkylation sites (tertiary alicyclic amines) is 1. The summed E-state index contributed by atoms with van der Waals surface area (Å²) in [6.07, 6.45) is 7.97. The van der Waals surface area contributed by atoms with Gasteiger partial charge in [-0.25, -0.2) is 4.98 Å². The average molecular weight is 270 g/mol. The molecule has 0 unspecified atom stereocenters. The van der Waals surface area contributed by atoms with E-state index in [0.717, 1.165) is 31.0 Å². The second-order valence-electron chi connectivity index (χ2n) is 5.14. The summed E-state index contributed by atoms with van der Waals surface area (Å²) in [5.74, 6) is 1.58. The molecule has 0 saturated carbocycles. The van der Waals surface area contributed by atoms with Crippen LogP contribution >= 0.6 is 0 Å². The van der Waals surface area contributed by atoms with Crippen LogP contribution in [0, 0.1) is 5.92 Å². The Labute approximate surface area is 118 Å². The summed E-state index contributed by atoms with van der Waals surface area (Å²) < 4.78 is 2.13. The van der Waals surface area contributed by atoms with Gasteiger partial charge in [0.25, 0.3) is 0 Å². The summed E-state index contributed by atoms with van der Waals surface area (Å²) in [6, 6.07) is 3.91. The molecule has 5 nitrogen and oxygen atoms in total. The number of imidazole rings is 1. The highest BCUT2D eigenvalue weighted by atomic mass is 16.2. The highest BCUT2D eigenvalue weighted by Crippen LogP contribution is 2.22. The fourth-order valence-electron chi connectivity index (χ4n) is 2.78. The molecule has 1 saturated heterocycles. The van der Waals surface area contributed by atoms with Gasteiger partial charge in [0, 0.05) is 62.3 Å². The number of hydrogen-bond donors (Lipinski definition) is 0. The van der Waals surface area contributed by atoms with Crippen molar-refractivity contribution in [3.63, 3.8) is 0 Å². The van der Waals surface area contributed by atoms with Crippen molar-refractivity contribution in [1.82, 2.24) is 19.4 Å². The monoisotopic (exact) mass is 270 g/mol. The van der Waals surface area contributed by atoms with Crippen molar-refractivity contribution in [2.45, 2.75) is 19.9 Å². The van der Waals surface area contributed by atoms with Gasteiger partial charge in [-0.1, -0.05) is 0 Å². The van der Waals surface area contributed by atoms with Crippen LogP contribution < -0.4 is 0 Å². The normalized spacial score (nSPS) is 18.8. The Morgan fingerprint density at radius 3 is 2.80 bits per heavy atom. The molecule has 2 aromatic rings. The number of carbonyl (C=O) groups excluding carboxylic acids is 1. The molecule has 20 heavy (non-hydrogen) atoms. The van der Waals surface area contributed by atoms with E-state index in [2.05, 4.69) is 14.5 Å². The second kappa shape index (κ2) is 5.45. The Morgan fingerprint density at radius 2 is 2.10 bits per heavy atom. The van der Waals surface area contributed by atoms with E-state index in [-0.39, 0.29) is 5.91 Å². The lowest BCUT2D eigenvalue weighted by atomic mass is 10.1. The molecule has 1 atom stereocenters. The highest BCUT2D eigenvalue weighted by Gasteiger charge is 2.28. The van der Waals surface area contributed by atoms with E-state index in [1.807, 2.05) is 36.4 Å². The van der Waals surface area contributed by atoms with E-state index in [4.69, 9.17) is 0 Å². The van der Waals surface area contributed by atoms with Crippen LogP contribution in [0.3, 0.4) is 0 Å². The fraction of sp³-hybridized carbons (Fsp3) is 0.400. The summed E-state index contributed by atoms with van der Waals surface area (Å²) in [5.41, 5.74) is 1.06. The van der Waals surface area contributed by atoms with Crippen molar-refractivity contribution in [3.8, 4) is 11.4 Å². The van der Waals surface area contributed by atoms with Gasteiger partial charge >= 0.3 is 0 Å². The number of aromatic nitrogens is 3. The SMILES string of the molecule is CCN1C[C@H](Cn2ccnc2-c2ccncc2)CC1=O. The zero-order chi connectivity index (χ0) is 13.9. The highest BCUT2D eigenvalue weighted by molar-refractivity contribution is 5.78. The summed E-state index contributed by atoms with van der Waals surface area (Å²) >= 11 is 0. The summed E-state index contributed by atoms with van der Waals surface area (Å²) in [7, 11) is 0. The van der Waals surface area contributed by atoms with Gasteiger partial charge in [0.1, 0.15) is 5.82 Å². The summed E-state index contributed by atoms with van der Waals surface area (Å²) in [5, 5.41) is 0. The number of rotatable bonds is 4. The molecule has 1 aliphatic heterocycles. The van der Waals surface area contributed by atoms with Crippen molar-refractivity contribution < 1.29 is 4.79 Å². The number of hydrogen-bond acceptors (Lipinski definition) is 3. The maximum atomic E-state index is 11.8. The van der Waals surface area contributed by atoms with Crippen LogP contribution in [0.5, 0.6) is 0 Å². The molecular weight excluding hydrogens is 252 g/mol. The molecule has 1 aliphatic rings.